The summed E-state index contributed by atoms with van der Waals surface area (Å²) in [4.78, 5) is 46.9. The molecule has 1 rings (SSSR count). The Morgan fingerprint density at radius 2 is 2.12 bits per heavy atom. The number of rotatable bonds is 6. The zero-order valence-corrected chi connectivity index (χ0v) is 15.3. The summed E-state index contributed by atoms with van der Waals surface area (Å²) in [5.41, 5.74) is 0. The maximum Gasteiger partial charge on any atom is 0.325 e. The summed E-state index contributed by atoms with van der Waals surface area (Å²) in [6.07, 6.45) is 2.31. The van der Waals surface area contributed by atoms with Crippen LogP contribution in [0.5, 0.6) is 0 Å². The van der Waals surface area contributed by atoms with Crippen molar-refractivity contribution in [3.8, 4) is 0 Å². The minimum Gasteiger partial charge on any atom is -0.466 e. The molecule has 0 aromatic carbocycles. The van der Waals surface area contributed by atoms with Crippen LogP contribution < -0.4 is 10.6 Å². The average Bonchev–Trinajstić information content (AvgIpc) is 2.57. The standard InChI is InChI=1S/C16H26N2O6S/c1-2-23-14(20)7-5-6-13(19)18-12-11-25-9-4-3-8-24-15(21)10-17-16(12)22/h12H,2-11H2,1H3,(H,17,22)(H,18,19). The molecule has 0 saturated carbocycles. The second-order valence-corrected chi connectivity index (χ2v) is 6.65. The lowest BCUT2D eigenvalue weighted by Gasteiger charge is -2.19. The number of cyclic esters (lactones) is 1. The predicted octanol–water partition coefficient (Wildman–Crippen LogP) is 0.391. The number of thioether (sulfide) groups is 1. The van der Waals surface area contributed by atoms with Crippen molar-refractivity contribution in [3.05, 3.63) is 0 Å². The van der Waals surface area contributed by atoms with Gasteiger partial charge >= 0.3 is 11.9 Å². The molecule has 1 aliphatic heterocycles. The third kappa shape index (κ3) is 9.96. The van der Waals surface area contributed by atoms with Gasteiger partial charge in [-0.25, -0.2) is 0 Å². The minimum absolute atomic E-state index is 0.134. The fraction of sp³-hybridized carbons (Fsp3) is 0.750. The lowest BCUT2D eigenvalue weighted by molar-refractivity contribution is -0.144. The van der Waals surface area contributed by atoms with Gasteiger partial charge in [0.25, 0.3) is 0 Å². The van der Waals surface area contributed by atoms with E-state index in [0.717, 1.165) is 18.6 Å². The first-order valence-corrected chi connectivity index (χ1v) is 9.64. The van der Waals surface area contributed by atoms with Crippen molar-refractivity contribution < 1.29 is 28.7 Å². The lowest BCUT2D eigenvalue weighted by atomic mass is 10.2. The molecule has 0 aromatic rings. The molecule has 1 fully saturated rings. The Morgan fingerprint density at radius 3 is 2.88 bits per heavy atom. The van der Waals surface area contributed by atoms with Crippen LogP contribution >= 0.6 is 11.8 Å². The van der Waals surface area contributed by atoms with Crippen LogP contribution in [0.15, 0.2) is 0 Å². The highest BCUT2D eigenvalue weighted by atomic mass is 32.2. The fourth-order valence-electron chi connectivity index (χ4n) is 2.10. The SMILES string of the molecule is CCOC(=O)CCCC(=O)NC1CSCCCCOC(=O)CNC1=O. The lowest BCUT2D eigenvalue weighted by Crippen LogP contribution is -2.49. The van der Waals surface area contributed by atoms with Gasteiger partial charge in [-0.1, -0.05) is 0 Å². The number of esters is 2. The number of nitrogens with one attached hydrogen (secondary N) is 2. The van der Waals surface area contributed by atoms with Gasteiger partial charge in [0.05, 0.1) is 13.2 Å². The van der Waals surface area contributed by atoms with Gasteiger partial charge in [0.2, 0.25) is 11.8 Å². The predicted molar refractivity (Wildman–Crippen MR) is 92.9 cm³/mol. The number of carbonyl (C=O) groups is 4. The Labute approximate surface area is 151 Å². The molecule has 1 unspecified atom stereocenters. The van der Waals surface area contributed by atoms with Crippen LogP contribution in [-0.4, -0.2) is 61.1 Å². The van der Waals surface area contributed by atoms with Crippen molar-refractivity contribution in [3.63, 3.8) is 0 Å². The second kappa shape index (κ2) is 12.6. The monoisotopic (exact) mass is 374 g/mol. The Hall–Kier alpha value is -1.77. The number of carbonyl (C=O) groups excluding carboxylic acids is 4. The minimum atomic E-state index is -0.715. The average molecular weight is 374 g/mol. The van der Waals surface area contributed by atoms with Gasteiger partial charge < -0.3 is 20.1 Å². The molecule has 142 valence electrons. The van der Waals surface area contributed by atoms with Crippen LogP contribution in [0.1, 0.15) is 39.0 Å². The highest BCUT2D eigenvalue weighted by molar-refractivity contribution is 7.99. The van der Waals surface area contributed by atoms with Gasteiger partial charge in [-0.15, -0.1) is 0 Å². The summed E-state index contributed by atoms with van der Waals surface area (Å²) in [7, 11) is 0. The summed E-state index contributed by atoms with van der Waals surface area (Å²) in [5, 5.41) is 5.15. The highest BCUT2D eigenvalue weighted by Crippen LogP contribution is 2.09. The zero-order chi connectivity index (χ0) is 18.5. The third-order valence-corrected chi connectivity index (χ3v) is 4.53. The van der Waals surface area contributed by atoms with Gasteiger partial charge in [0.15, 0.2) is 0 Å². The van der Waals surface area contributed by atoms with Crippen LogP contribution in [-0.2, 0) is 28.7 Å². The summed E-state index contributed by atoms with van der Waals surface area (Å²) < 4.78 is 9.78. The zero-order valence-electron chi connectivity index (χ0n) is 14.5. The van der Waals surface area contributed by atoms with Crippen molar-refractivity contribution in [1.29, 1.82) is 0 Å². The molecule has 8 nitrogen and oxygen atoms in total. The number of hydrogen-bond acceptors (Lipinski definition) is 7. The van der Waals surface area contributed by atoms with E-state index in [1.54, 1.807) is 18.7 Å². The molecule has 0 aromatic heterocycles. The summed E-state index contributed by atoms with van der Waals surface area (Å²) in [6.45, 7) is 2.18. The van der Waals surface area contributed by atoms with Crippen LogP contribution in [0.3, 0.4) is 0 Å². The molecule has 1 atom stereocenters. The largest absolute Gasteiger partial charge is 0.466 e. The maximum atomic E-state index is 12.2. The van der Waals surface area contributed by atoms with E-state index in [-0.39, 0.29) is 31.3 Å². The molecule has 1 heterocycles. The molecule has 2 amide bonds. The molecular weight excluding hydrogens is 348 g/mol. The Morgan fingerprint density at radius 1 is 1.32 bits per heavy atom. The molecule has 0 aliphatic carbocycles. The van der Waals surface area contributed by atoms with Gasteiger partial charge in [-0.3, -0.25) is 19.2 Å². The van der Waals surface area contributed by atoms with Gasteiger partial charge in [-0.2, -0.15) is 11.8 Å². The van der Waals surface area contributed by atoms with Crippen molar-refractivity contribution in [1.82, 2.24) is 10.6 Å². The Balaban J connectivity index is 2.44. The molecule has 1 aliphatic rings. The molecule has 1 saturated heterocycles. The van der Waals surface area contributed by atoms with Crippen molar-refractivity contribution in [2.24, 2.45) is 0 Å². The number of hydrogen-bond donors (Lipinski definition) is 2. The van der Waals surface area contributed by atoms with E-state index in [4.69, 9.17) is 9.47 Å². The second-order valence-electron chi connectivity index (χ2n) is 5.50. The Bertz CT molecular complexity index is 472. The molecule has 25 heavy (non-hydrogen) atoms. The van der Waals surface area contributed by atoms with E-state index < -0.39 is 17.9 Å². The van der Waals surface area contributed by atoms with E-state index in [9.17, 15) is 19.2 Å². The van der Waals surface area contributed by atoms with Crippen LogP contribution in [0, 0.1) is 0 Å². The quantitative estimate of drug-likeness (QED) is 0.647. The number of ether oxygens (including phenoxy) is 2. The number of amides is 2. The first-order valence-electron chi connectivity index (χ1n) is 8.49. The van der Waals surface area contributed by atoms with Crippen molar-refractivity contribution in [2.45, 2.75) is 45.1 Å². The fourth-order valence-corrected chi connectivity index (χ4v) is 3.15. The van der Waals surface area contributed by atoms with E-state index >= 15 is 0 Å². The summed E-state index contributed by atoms with van der Waals surface area (Å²) in [5.74, 6) is -0.289. The molecule has 0 radical (unpaired) electrons. The van der Waals surface area contributed by atoms with E-state index in [1.165, 1.54) is 0 Å². The van der Waals surface area contributed by atoms with Crippen LogP contribution in [0.25, 0.3) is 0 Å². The first-order chi connectivity index (χ1) is 12.0. The van der Waals surface area contributed by atoms with Crippen molar-refractivity contribution in [2.75, 3.05) is 31.3 Å². The summed E-state index contributed by atoms with van der Waals surface area (Å²) >= 11 is 1.57. The summed E-state index contributed by atoms with van der Waals surface area (Å²) in [6, 6.07) is -0.715. The van der Waals surface area contributed by atoms with Crippen LogP contribution in [0.2, 0.25) is 0 Å². The highest BCUT2D eigenvalue weighted by Gasteiger charge is 2.22. The molecule has 0 spiro atoms. The van der Waals surface area contributed by atoms with E-state index in [1.807, 2.05) is 0 Å². The smallest absolute Gasteiger partial charge is 0.325 e. The maximum absolute atomic E-state index is 12.2. The van der Waals surface area contributed by atoms with Gasteiger partial charge in [-0.05, 0) is 31.9 Å². The topological polar surface area (TPSA) is 111 Å². The van der Waals surface area contributed by atoms with E-state index in [2.05, 4.69) is 10.6 Å². The molecule has 9 heteroatoms. The van der Waals surface area contributed by atoms with Crippen molar-refractivity contribution >= 4 is 35.5 Å². The first kappa shape index (κ1) is 21.3. The van der Waals surface area contributed by atoms with Gasteiger partial charge in [0.1, 0.15) is 12.6 Å². The molecular formula is C16H26N2O6S. The third-order valence-electron chi connectivity index (χ3n) is 3.38. The molecule has 2 N–H and O–H groups in total. The Kier molecular flexibility index (Phi) is 10.7. The van der Waals surface area contributed by atoms with Gasteiger partial charge in [0, 0.05) is 18.6 Å². The normalized spacial score (nSPS) is 19.6. The van der Waals surface area contributed by atoms with Crippen LogP contribution in [0.4, 0.5) is 0 Å². The van der Waals surface area contributed by atoms with E-state index in [0.29, 0.717) is 25.4 Å². The molecule has 0 bridgehead atoms.